The second-order valence-electron chi connectivity index (χ2n) is 9.30. The van der Waals surface area contributed by atoms with E-state index in [-0.39, 0.29) is 5.82 Å². The molecule has 1 fully saturated rings. The average molecular weight is 493 g/mol. The number of fused-ring (bicyclic) bond motifs is 1. The number of hydrogen-bond acceptors (Lipinski definition) is 5. The predicted molar refractivity (Wildman–Crippen MR) is 142 cm³/mol. The molecule has 3 aromatic heterocycles. The Kier molecular flexibility index (Phi) is 7.90. The second kappa shape index (κ2) is 11.1. The van der Waals surface area contributed by atoms with Crippen molar-refractivity contribution in [1.82, 2.24) is 24.8 Å². The summed E-state index contributed by atoms with van der Waals surface area (Å²) in [5.41, 5.74) is 4.16. The summed E-state index contributed by atoms with van der Waals surface area (Å²) in [5.74, 6) is 1.88. The molecule has 1 saturated carbocycles. The van der Waals surface area contributed by atoms with Gasteiger partial charge in [-0.05, 0) is 79.8 Å². The zero-order chi connectivity index (χ0) is 24.8. The van der Waals surface area contributed by atoms with Crippen LogP contribution < -0.4 is 5.32 Å². The van der Waals surface area contributed by atoms with E-state index in [1.807, 2.05) is 29.0 Å². The number of H-pyrrole nitrogens is 1. The van der Waals surface area contributed by atoms with Gasteiger partial charge < -0.3 is 5.32 Å². The molecule has 0 radical (unpaired) electrons. The van der Waals surface area contributed by atoms with Crippen molar-refractivity contribution in [3.63, 3.8) is 0 Å². The molecule has 3 heterocycles. The Labute approximate surface area is 210 Å². The van der Waals surface area contributed by atoms with Crippen LogP contribution in [0.5, 0.6) is 0 Å². The normalized spacial score (nSPS) is 13.8. The van der Waals surface area contributed by atoms with Crippen LogP contribution in [0, 0.1) is 18.2 Å². The third-order valence-corrected chi connectivity index (χ3v) is 7.33. The number of halogens is 1. The van der Waals surface area contributed by atoms with E-state index < -0.39 is 0 Å². The number of rotatable bonds is 9. The van der Waals surface area contributed by atoms with E-state index in [1.165, 1.54) is 23.9 Å². The molecule has 0 bridgehead atoms. The van der Waals surface area contributed by atoms with Gasteiger partial charge in [0.05, 0.1) is 23.0 Å². The summed E-state index contributed by atoms with van der Waals surface area (Å²) in [6.07, 6.45) is 11.0. The molecule has 0 unspecified atom stereocenters. The number of nitrogens with zero attached hydrogens (tertiary/aromatic N) is 4. The van der Waals surface area contributed by atoms with Crippen LogP contribution in [0.15, 0.2) is 60.4 Å². The van der Waals surface area contributed by atoms with Crippen LogP contribution in [0.2, 0.25) is 0 Å². The fraction of sp³-hybridized carbons (Fsp3) is 0.370. The summed E-state index contributed by atoms with van der Waals surface area (Å²) < 4.78 is 16.5. The SMILES string of the molecule is C=CNc1cc(-c2n[nH]c(CCC)n2)c(F)cc1SCCC1(C)CC1.Cc1cnn2ccccc12. The molecule has 0 atom stereocenters. The number of pyridine rings is 1. The van der Waals surface area contributed by atoms with Gasteiger partial charge in [-0.2, -0.15) is 10.2 Å². The van der Waals surface area contributed by atoms with Crippen molar-refractivity contribution >= 4 is 23.0 Å². The van der Waals surface area contributed by atoms with Gasteiger partial charge in [-0.1, -0.05) is 26.5 Å². The zero-order valence-electron chi connectivity index (χ0n) is 20.6. The molecule has 184 valence electrons. The second-order valence-corrected chi connectivity index (χ2v) is 10.4. The van der Waals surface area contributed by atoms with Gasteiger partial charge in [-0.25, -0.2) is 13.9 Å². The Morgan fingerprint density at radius 3 is 2.86 bits per heavy atom. The topological polar surface area (TPSA) is 70.9 Å². The largest absolute Gasteiger partial charge is 0.361 e. The molecular weight excluding hydrogens is 459 g/mol. The lowest BCUT2D eigenvalue weighted by Gasteiger charge is -2.13. The lowest BCUT2D eigenvalue weighted by Crippen LogP contribution is -1.98. The minimum Gasteiger partial charge on any atom is -0.361 e. The third kappa shape index (κ3) is 6.31. The number of anilines is 1. The molecule has 0 saturated heterocycles. The molecule has 8 heteroatoms. The summed E-state index contributed by atoms with van der Waals surface area (Å²) in [6, 6.07) is 9.40. The van der Waals surface area contributed by atoms with E-state index in [2.05, 4.69) is 59.0 Å². The van der Waals surface area contributed by atoms with E-state index in [4.69, 9.17) is 0 Å². The number of aromatic nitrogens is 5. The van der Waals surface area contributed by atoms with Crippen molar-refractivity contribution in [3.05, 3.63) is 72.7 Å². The van der Waals surface area contributed by atoms with Crippen LogP contribution >= 0.6 is 11.8 Å². The van der Waals surface area contributed by atoms with Gasteiger partial charge in [0.1, 0.15) is 11.6 Å². The van der Waals surface area contributed by atoms with Crippen LogP contribution in [-0.2, 0) is 6.42 Å². The molecule has 0 aliphatic heterocycles. The molecule has 1 aliphatic carbocycles. The molecular formula is C27H33FN6S. The summed E-state index contributed by atoms with van der Waals surface area (Å²) in [6.45, 7) is 10.2. The number of aromatic amines is 1. The zero-order valence-corrected chi connectivity index (χ0v) is 21.5. The summed E-state index contributed by atoms with van der Waals surface area (Å²) in [7, 11) is 0. The lowest BCUT2D eigenvalue weighted by molar-refractivity contribution is 0.556. The van der Waals surface area contributed by atoms with Crippen molar-refractivity contribution < 1.29 is 4.39 Å². The highest BCUT2D eigenvalue weighted by molar-refractivity contribution is 7.99. The standard InChI is InChI=1S/C19H25FN4S.C8H8N2/c1-4-6-17-22-18(24-23-17)13-11-15(21-5-2)16(12-14(13)20)25-10-9-19(3)7-8-19;1-7-6-9-10-5-3-2-4-8(7)10/h5,11-12,21H,2,4,6-10H2,1,3H3,(H,22,23,24);2-6H,1H3. The number of thioether (sulfide) groups is 1. The monoisotopic (exact) mass is 492 g/mol. The molecule has 2 N–H and O–H groups in total. The summed E-state index contributed by atoms with van der Waals surface area (Å²) >= 11 is 1.69. The van der Waals surface area contributed by atoms with E-state index in [0.29, 0.717) is 16.8 Å². The van der Waals surface area contributed by atoms with E-state index >= 15 is 0 Å². The number of benzene rings is 1. The van der Waals surface area contributed by atoms with E-state index in [9.17, 15) is 4.39 Å². The van der Waals surface area contributed by atoms with Gasteiger partial charge in [0.15, 0.2) is 5.82 Å². The Morgan fingerprint density at radius 1 is 1.31 bits per heavy atom. The molecule has 5 rings (SSSR count). The Hall–Kier alpha value is -3.13. The molecule has 1 aromatic carbocycles. The van der Waals surface area contributed by atoms with Gasteiger partial charge in [-0.15, -0.1) is 11.8 Å². The Bertz CT molecular complexity index is 1290. The number of aryl methyl sites for hydroxylation is 2. The van der Waals surface area contributed by atoms with Gasteiger partial charge in [0.2, 0.25) is 0 Å². The quantitative estimate of drug-likeness (QED) is 0.245. The van der Waals surface area contributed by atoms with Gasteiger partial charge in [-0.3, -0.25) is 5.10 Å². The molecule has 0 amide bonds. The molecule has 0 spiro atoms. The first-order valence-electron chi connectivity index (χ1n) is 12.1. The highest BCUT2D eigenvalue weighted by Gasteiger charge is 2.36. The van der Waals surface area contributed by atoms with Crippen molar-refractivity contribution in [2.45, 2.75) is 57.8 Å². The fourth-order valence-electron chi connectivity index (χ4n) is 3.77. The van der Waals surface area contributed by atoms with Crippen LogP contribution in [0.4, 0.5) is 10.1 Å². The molecule has 1 aliphatic rings. The minimum atomic E-state index is -0.295. The lowest BCUT2D eigenvalue weighted by atomic mass is 10.1. The molecule has 35 heavy (non-hydrogen) atoms. The van der Waals surface area contributed by atoms with Crippen molar-refractivity contribution in [2.24, 2.45) is 5.41 Å². The van der Waals surface area contributed by atoms with Crippen LogP contribution in [0.3, 0.4) is 0 Å². The highest BCUT2D eigenvalue weighted by Crippen LogP contribution is 2.49. The molecule has 6 nitrogen and oxygen atoms in total. The van der Waals surface area contributed by atoms with Crippen molar-refractivity contribution in [1.29, 1.82) is 0 Å². The first-order valence-corrected chi connectivity index (χ1v) is 13.1. The number of nitrogens with one attached hydrogen (secondary N) is 2. The fourth-order valence-corrected chi connectivity index (χ4v) is 5.04. The highest BCUT2D eigenvalue weighted by atomic mass is 32.2. The maximum atomic E-state index is 14.7. The summed E-state index contributed by atoms with van der Waals surface area (Å²) in [5, 5.41) is 14.3. The van der Waals surface area contributed by atoms with Gasteiger partial charge in [0.25, 0.3) is 0 Å². The van der Waals surface area contributed by atoms with Crippen molar-refractivity contribution in [3.8, 4) is 11.4 Å². The first-order chi connectivity index (χ1) is 16.9. The van der Waals surface area contributed by atoms with Gasteiger partial charge in [0, 0.05) is 17.5 Å². The van der Waals surface area contributed by atoms with E-state index in [1.54, 1.807) is 30.1 Å². The predicted octanol–water partition coefficient (Wildman–Crippen LogP) is 7.04. The Balaban J connectivity index is 0.000000239. The van der Waals surface area contributed by atoms with Crippen LogP contribution in [-0.4, -0.2) is 30.5 Å². The maximum Gasteiger partial charge on any atom is 0.184 e. The molecule has 4 aromatic rings. The summed E-state index contributed by atoms with van der Waals surface area (Å²) in [4.78, 5) is 5.30. The van der Waals surface area contributed by atoms with Crippen LogP contribution in [0.1, 0.15) is 50.9 Å². The van der Waals surface area contributed by atoms with Gasteiger partial charge >= 0.3 is 0 Å². The average Bonchev–Trinajstić information content (AvgIpc) is 3.23. The first kappa shape index (κ1) is 25.0. The minimum absolute atomic E-state index is 0.295. The van der Waals surface area contributed by atoms with Crippen molar-refractivity contribution in [2.75, 3.05) is 11.1 Å². The smallest absolute Gasteiger partial charge is 0.184 e. The third-order valence-electron chi connectivity index (χ3n) is 6.27. The Morgan fingerprint density at radius 2 is 2.14 bits per heavy atom. The van der Waals surface area contributed by atoms with Crippen LogP contribution in [0.25, 0.3) is 16.9 Å². The van der Waals surface area contributed by atoms with E-state index in [0.717, 1.165) is 41.4 Å². The maximum absolute atomic E-state index is 14.7. The number of hydrogen-bond donors (Lipinski definition) is 2.